The molecule has 0 fully saturated rings. The average molecular weight is 596 g/mol. The van der Waals surface area contributed by atoms with Crippen LogP contribution in [0.2, 0.25) is 0 Å². The zero-order valence-electron chi connectivity index (χ0n) is 26.1. The van der Waals surface area contributed by atoms with Crippen LogP contribution in [0, 0.1) is 5.41 Å². The van der Waals surface area contributed by atoms with Crippen molar-refractivity contribution in [2.24, 2.45) is 12.5 Å². The van der Waals surface area contributed by atoms with Crippen molar-refractivity contribution in [2.45, 2.75) is 45.6 Å². The molecule has 5 rings (SSSR count). The molecule has 1 aromatic heterocycles. The zero-order chi connectivity index (χ0) is 31.1. The first-order valence-corrected chi connectivity index (χ1v) is 15.0. The number of carbonyl (C=O) groups is 1. The lowest BCUT2D eigenvalue weighted by Crippen LogP contribution is -2.31. The largest absolute Gasteiger partial charge is 0.497 e. The van der Waals surface area contributed by atoms with E-state index in [2.05, 4.69) is 40.6 Å². The maximum atomic E-state index is 13.1. The van der Waals surface area contributed by atoms with Crippen molar-refractivity contribution in [3.8, 4) is 23.0 Å². The number of rotatable bonds is 13. The molecule has 0 aliphatic carbocycles. The Morgan fingerprint density at radius 3 is 2.55 bits per heavy atom. The number of carbonyl (C=O) groups excluding carboxylic acids is 1. The number of aryl methyl sites for hydroxylation is 2. The number of methoxy groups -OCH3 is 2. The maximum Gasteiger partial charge on any atom is 0.230 e. The lowest BCUT2D eigenvalue weighted by Gasteiger charge is -2.28. The van der Waals surface area contributed by atoms with Gasteiger partial charge in [0.15, 0.2) is 0 Å². The SMILES string of the molecule is COc1ccc(NC(=O)C(C)(C)CCCOc2ccc3c(c2)C=C(c2nccn2C)C(CCc2ccccc2)O3)c(OC)c1. The van der Waals surface area contributed by atoms with E-state index in [4.69, 9.17) is 18.9 Å². The number of nitrogens with zero attached hydrogens (tertiary/aromatic N) is 2. The molecule has 0 radical (unpaired) electrons. The fourth-order valence-corrected chi connectivity index (χ4v) is 5.33. The standard InChI is InChI=1S/C36H41N3O5/c1-36(2,35(40)38-30-15-13-27(41-4)24-33(30)42-5)18-9-21-43-28-14-17-31-26(22-28)23-29(34-37-19-20-39(34)3)32(44-31)16-12-25-10-7-6-8-11-25/h6-8,10-11,13-15,17,19-20,22-24,32H,9,12,16,18,21H2,1-5H3,(H,38,40). The monoisotopic (exact) mass is 595 g/mol. The summed E-state index contributed by atoms with van der Waals surface area (Å²) in [4.78, 5) is 17.7. The Morgan fingerprint density at radius 1 is 1.02 bits per heavy atom. The number of nitrogens with one attached hydrogen (secondary N) is 1. The van der Waals surface area contributed by atoms with Crippen molar-refractivity contribution in [3.63, 3.8) is 0 Å². The summed E-state index contributed by atoms with van der Waals surface area (Å²) in [6.45, 7) is 4.36. The molecule has 1 aliphatic heterocycles. The molecule has 0 saturated heterocycles. The molecule has 1 unspecified atom stereocenters. The van der Waals surface area contributed by atoms with Crippen LogP contribution in [-0.4, -0.2) is 42.4 Å². The van der Waals surface area contributed by atoms with Gasteiger partial charge in [0.25, 0.3) is 0 Å². The van der Waals surface area contributed by atoms with Crippen LogP contribution in [0.3, 0.4) is 0 Å². The Balaban J connectivity index is 1.20. The van der Waals surface area contributed by atoms with E-state index in [0.29, 0.717) is 36.6 Å². The van der Waals surface area contributed by atoms with Crippen molar-refractivity contribution in [1.29, 1.82) is 0 Å². The van der Waals surface area contributed by atoms with E-state index < -0.39 is 5.41 Å². The highest BCUT2D eigenvalue weighted by molar-refractivity contribution is 5.96. The topological polar surface area (TPSA) is 83.8 Å². The summed E-state index contributed by atoms with van der Waals surface area (Å²) < 4.78 is 25.4. The number of ether oxygens (including phenoxy) is 4. The lowest BCUT2D eigenvalue weighted by molar-refractivity contribution is -0.124. The Kier molecular flexibility index (Phi) is 9.58. The molecule has 44 heavy (non-hydrogen) atoms. The van der Waals surface area contributed by atoms with Crippen molar-refractivity contribution < 1.29 is 23.7 Å². The second-order valence-electron chi connectivity index (χ2n) is 11.6. The van der Waals surface area contributed by atoms with Gasteiger partial charge in [-0.2, -0.15) is 0 Å². The van der Waals surface area contributed by atoms with Gasteiger partial charge in [-0.15, -0.1) is 0 Å². The number of hydrogen-bond acceptors (Lipinski definition) is 6. The average Bonchev–Trinajstić information content (AvgIpc) is 3.47. The Bertz CT molecular complexity index is 1610. The van der Waals surface area contributed by atoms with E-state index in [1.165, 1.54) is 5.56 Å². The first-order chi connectivity index (χ1) is 21.3. The minimum Gasteiger partial charge on any atom is -0.497 e. The quantitative estimate of drug-likeness (QED) is 0.165. The minimum absolute atomic E-state index is 0.0827. The third-order valence-electron chi connectivity index (χ3n) is 8.01. The molecule has 230 valence electrons. The molecule has 0 saturated carbocycles. The number of hydrogen-bond donors (Lipinski definition) is 1. The number of fused-ring (bicyclic) bond motifs is 1. The summed E-state index contributed by atoms with van der Waals surface area (Å²) in [5, 5.41) is 3.00. The molecular weight excluding hydrogens is 554 g/mol. The maximum absolute atomic E-state index is 13.1. The minimum atomic E-state index is -0.605. The summed E-state index contributed by atoms with van der Waals surface area (Å²) >= 11 is 0. The van der Waals surface area contributed by atoms with E-state index in [9.17, 15) is 4.79 Å². The number of imidazole rings is 1. The molecule has 3 aromatic carbocycles. The molecule has 2 heterocycles. The van der Waals surface area contributed by atoms with Gasteiger partial charge in [0.1, 0.15) is 34.9 Å². The van der Waals surface area contributed by atoms with Crippen molar-refractivity contribution in [1.82, 2.24) is 9.55 Å². The van der Waals surface area contributed by atoms with Gasteiger partial charge in [0.2, 0.25) is 5.91 Å². The van der Waals surface area contributed by atoms with Crippen molar-refractivity contribution in [2.75, 3.05) is 26.1 Å². The van der Waals surface area contributed by atoms with Gasteiger partial charge in [-0.05, 0) is 67.7 Å². The molecule has 4 aromatic rings. The van der Waals surface area contributed by atoms with Gasteiger partial charge >= 0.3 is 0 Å². The van der Waals surface area contributed by atoms with Gasteiger partial charge in [0.05, 0.1) is 26.5 Å². The number of anilines is 1. The second-order valence-corrected chi connectivity index (χ2v) is 11.6. The molecule has 1 aliphatic rings. The number of amides is 1. The van der Waals surface area contributed by atoms with Gasteiger partial charge in [-0.3, -0.25) is 4.79 Å². The van der Waals surface area contributed by atoms with Crippen LogP contribution >= 0.6 is 0 Å². The number of benzene rings is 3. The Hall–Kier alpha value is -4.72. The summed E-state index contributed by atoms with van der Waals surface area (Å²) in [6.07, 6.45) is 8.94. The molecule has 0 bridgehead atoms. The number of aromatic nitrogens is 2. The van der Waals surface area contributed by atoms with Crippen LogP contribution in [0.1, 0.15) is 50.1 Å². The summed E-state index contributed by atoms with van der Waals surface area (Å²) in [7, 11) is 5.16. The van der Waals surface area contributed by atoms with Crippen LogP contribution < -0.4 is 24.3 Å². The van der Waals surface area contributed by atoms with E-state index in [1.54, 1.807) is 32.4 Å². The van der Waals surface area contributed by atoms with E-state index in [-0.39, 0.29) is 12.0 Å². The van der Waals surface area contributed by atoms with Gasteiger partial charge in [-0.25, -0.2) is 4.98 Å². The smallest absolute Gasteiger partial charge is 0.230 e. The van der Waals surface area contributed by atoms with Crippen LogP contribution in [0.25, 0.3) is 11.6 Å². The third kappa shape index (κ3) is 7.25. The highest BCUT2D eigenvalue weighted by Crippen LogP contribution is 2.38. The fraction of sp³-hybridized carbons (Fsp3) is 0.333. The van der Waals surface area contributed by atoms with Crippen LogP contribution in [-0.2, 0) is 18.3 Å². The molecule has 0 spiro atoms. The van der Waals surface area contributed by atoms with E-state index >= 15 is 0 Å². The zero-order valence-corrected chi connectivity index (χ0v) is 26.1. The summed E-state index contributed by atoms with van der Waals surface area (Å²) in [5.41, 5.74) is 3.31. The first-order valence-electron chi connectivity index (χ1n) is 15.0. The Morgan fingerprint density at radius 2 is 1.82 bits per heavy atom. The highest BCUT2D eigenvalue weighted by atomic mass is 16.5. The van der Waals surface area contributed by atoms with E-state index in [0.717, 1.165) is 41.3 Å². The van der Waals surface area contributed by atoms with Gasteiger partial charge < -0.3 is 28.8 Å². The molecule has 8 heteroatoms. The predicted molar refractivity (Wildman–Crippen MR) is 173 cm³/mol. The van der Waals surface area contributed by atoms with Gasteiger partial charge in [-0.1, -0.05) is 44.2 Å². The molecule has 1 N–H and O–H groups in total. The normalized spacial score (nSPS) is 14.2. The van der Waals surface area contributed by atoms with Crippen molar-refractivity contribution >= 4 is 23.2 Å². The van der Waals surface area contributed by atoms with Crippen LogP contribution in [0.15, 0.2) is 79.1 Å². The Labute approximate surface area is 259 Å². The third-order valence-corrected chi connectivity index (χ3v) is 8.01. The van der Waals surface area contributed by atoms with Crippen LogP contribution in [0.4, 0.5) is 5.69 Å². The molecular formula is C36H41N3O5. The second kappa shape index (κ2) is 13.7. The lowest BCUT2D eigenvalue weighted by atomic mass is 9.87. The molecule has 1 amide bonds. The van der Waals surface area contributed by atoms with Crippen molar-refractivity contribution in [3.05, 3.63) is 96.1 Å². The first kappa shape index (κ1) is 30.7. The van der Waals surface area contributed by atoms with E-state index in [1.807, 2.05) is 62.1 Å². The van der Waals surface area contributed by atoms with Crippen LogP contribution in [0.5, 0.6) is 23.0 Å². The predicted octanol–water partition coefficient (Wildman–Crippen LogP) is 7.20. The summed E-state index contributed by atoms with van der Waals surface area (Å²) in [5.74, 6) is 3.62. The van der Waals surface area contributed by atoms with Gasteiger partial charge in [0, 0.05) is 42.1 Å². The molecule has 1 atom stereocenters. The molecule has 8 nitrogen and oxygen atoms in total. The highest BCUT2D eigenvalue weighted by Gasteiger charge is 2.29. The summed E-state index contributed by atoms with van der Waals surface area (Å²) in [6, 6.07) is 21.7. The fourth-order valence-electron chi connectivity index (χ4n) is 5.33.